The lowest BCUT2D eigenvalue weighted by Crippen LogP contribution is -2.48. The SMILES string of the molecule is CCOC(CCNC(=NCC(=O)N(C)C)NC1CCCCC1C)C(C)C. The first-order chi connectivity index (χ1) is 12.3. The number of hydrogen-bond acceptors (Lipinski definition) is 3. The van der Waals surface area contributed by atoms with E-state index in [4.69, 9.17) is 4.74 Å². The van der Waals surface area contributed by atoms with Crippen LogP contribution in [0.2, 0.25) is 0 Å². The average molecular weight is 369 g/mol. The van der Waals surface area contributed by atoms with Gasteiger partial charge in [-0.2, -0.15) is 0 Å². The first kappa shape index (κ1) is 22.7. The minimum Gasteiger partial charge on any atom is -0.378 e. The molecule has 152 valence electrons. The lowest BCUT2D eigenvalue weighted by atomic mass is 9.86. The van der Waals surface area contributed by atoms with Crippen LogP contribution in [0.15, 0.2) is 4.99 Å². The molecule has 1 aliphatic carbocycles. The van der Waals surface area contributed by atoms with Crippen LogP contribution in [-0.2, 0) is 9.53 Å². The third-order valence-electron chi connectivity index (χ3n) is 5.15. The third kappa shape index (κ3) is 8.39. The summed E-state index contributed by atoms with van der Waals surface area (Å²) in [5.41, 5.74) is 0. The predicted molar refractivity (Wildman–Crippen MR) is 108 cm³/mol. The molecular formula is C20H40N4O2. The molecule has 0 spiro atoms. The number of aliphatic imine (C=N–C) groups is 1. The molecule has 1 rings (SSSR count). The molecule has 6 nitrogen and oxygen atoms in total. The Morgan fingerprint density at radius 2 is 1.96 bits per heavy atom. The first-order valence-corrected chi connectivity index (χ1v) is 10.2. The molecule has 1 aliphatic rings. The van der Waals surface area contributed by atoms with E-state index in [0.29, 0.717) is 17.9 Å². The van der Waals surface area contributed by atoms with Crippen LogP contribution in [0.5, 0.6) is 0 Å². The van der Waals surface area contributed by atoms with Gasteiger partial charge in [-0.3, -0.25) is 4.79 Å². The fourth-order valence-electron chi connectivity index (χ4n) is 3.30. The first-order valence-electron chi connectivity index (χ1n) is 10.2. The fourth-order valence-corrected chi connectivity index (χ4v) is 3.30. The Morgan fingerprint density at radius 3 is 2.54 bits per heavy atom. The molecule has 0 heterocycles. The normalized spacial score (nSPS) is 22.2. The van der Waals surface area contributed by atoms with Crippen LogP contribution in [0.1, 0.15) is 59.8 Å². The van der Waals surface area contributed by atoms with Gasteiger partial charge in [0, 0.05) is 33.3 Å². The summed E-state index contributed by atoms with van der Waals surface area (Å²) in [6.45, 7) is 10.4. The van der Waals surface area contributed by atoms with Gasteiger partial charge < -0.3 is 20.3 Å². The van der Waals surface area contributed by atoms with Crippen LogP contribution in [0.25, 0.3) is 0 Å². The summed E-state index contributed by atoms with van der Waals surface area (Å²) in [6.07, 6.45) is 6.15. The van der Waals surface area contributed by atoms with Crippen LogP contribution in [0, 0.1) is 11.8 Å². The van der Waals surface area contributed by atoms with Gasteiger partial charge in [-0.05, 0) is 38.0 Å². The number of nitrogens with one attached hydrogen (secondary N) is 2. The van der Waals surface area contributed by atoms with Crippen molar-refractivity contribution in [1.29, 1.82) is 0 Å². The van der Waals surface area contributed by atoms with Gasteiger partial charge >= 0.3 is 0 Å². The molecule has 2 N–H and O–H groups in total. The maximum Gasteiger partial charge on any atom is 0.243 e. The molecule has 0 aromatic heterocycles. The van der Waals surface area contributed by atoms with E-state index in [0.717, 1.165) is 32.0 Å². The molecule has 0 aliphatic heterocycles. The van der Waals surface area contributed by atoms with Crippen LogP contribution in [-0.4, -0.2) is 62.7 Å². The zero-order valence-electron chi connectivity index (χ0n) is 17.7. The maximum atomic E-state index is 11.9. The largest absolute Gasteiger partial charge is 0.378 e. The summed E-state index contributed by atoms with van der Waals surface area (Å²) < 4.78 is 5.82. The Labute approximate surface area is 160 Å². The average Bonchev–Trinajstić information content (AvgIpc) is 2.59. The molecule has 0 aromatic rings. The highest BCUT2D eigenvalue weighted by molar-refractivity contribution is 5.84. The molecule has 3 atom stereocenters. The van der Waals surface area contributed by atoms with E-state index in [-0.39, 0.29) is 18.6 Å². The minimum absolute atomic E-state index is 0.0113. The van der Waals surface area contributed by atoms with E-state index in [2.05, 4.69) is 36.4 Å². The Balaban J connectivity index is 2.64. The highest BCUT2D eigenvalue weighted by Crippen LogP contribution is 2.23. The monoisotopic (exact) mass is 368 g/mol. The minimum atomic E-state index is 0.0113. The zero-order valence-corrected chi connectivity index (χ0v) is 17.7. The molecule has 1 saturated carbocycles. The predicted octanol–water partition coefficient (Wildman–Crippen LogP) is 2.64. The van der Waals surface area contributed by atoms with Crippen LogP contribution >= 0.6 is 0 Å². The van der Waals surface area contributed by atoms with E-state index in [1.807, 2.05) is 6.92 Å². The quantitative estimate of drug-likeness (QED) is 0.485. The van der Waals surface area contributed by atoms with E-state index < -0.39 is 0 Å². The Bertz CT molecular complexity index is 438. The zero-order chi connectivity index (χ0) is 19.5. The van der Waals surface area contributed by atoms with Crippen molar-refractivity contribution in [3.63, 3.8) is 0 Å². The van der Waals surface area contributed by atoms with Gasteiger partial charge in [-0.25, -0.2) is 4.99 Å². The molecule has 3 unspecified atom stereocenters. The van der Waals surface area contributed by atoms with Crippen molar-refractivity contribution in [1.82, 2.24) is 15.5 Å². The molecule has 1 amide bonds. The summed E-state index contributed by atoms with van der Waals surface area (Å²) in [5.74, 6) is 1.88. The van der Waals surface area contributed by atoms with Gasteiger partial charge in [0.1, 0.15) is 6.54 Å². The topological polar surface area (TPSA) is 66.0 Å². The van der Waals surface area contributed by atoms with Gasteiger partial charge in [0.05, 0.1) is 6.10 Å². The summed E-state index contributed by atoms with van der Waals surface area (Å²) >= 11 is 0. The second-order valence-electron chi connectivity index (χ2n) is 7.92. The van der Waals surface area contributed by atoms with Crippen molar-refractivity contribution in [3.05, 3.63) is 0 Å². The van der Waals surface area contributed by atoms with E-state index in [9.17, 15) is 4.79 Å². The molecule has 1 fully saturated rings. The second kappa shape index (κ2) is 12.2. The van der Waals surface area contributed by atoms with Crippen molar-refractivity contribution in [2.75, 3.05) is 33.8 Å². The van der Waals surface area contributed by atoms with Gasteiger partial charge in [0.25, 0.3) is 0 Å². The molecule has 0 saturated heterocycles. The van der Waals surface area contributed by atoms with Crippen LogP contribution in [0.4, 0.5) is 0 Å². The number of amides is 1. The lowest BCUT2D eigenvalue weighted by molar-refractivity contribution is -0.127. The van der Waals surface area contributed by atoms with E-state index in [1.165, 1.54) is 19.3 Å². The number of guanidine groups is 1. The van der Waals surface area contributed by atoms with E-state index >= 15 is 0 Å². The molecule has 26 heavy (non-hydrogen) atoms. The van der Waals surface area contributed by atoms with Crippen molar-refractivity contribution in [2.24, 2.45) is 16.8 Å². The van der Waals surface area contributed by atoms with Gasteiger partial charge in [0.15, 0.2) is 5.96 Å². The molecular weight excluding hydrogens is 328 g/mol. The van der Waals surface area contributed by atoms with Crippen molar-refractivity contribution < 1.29 is 9.53 Å². The molecule has 0 aromatic carbocycles. The maximum absolute atomic E-state index is 11.9. The molecule has 0 radical (unpaired) electrons. The highest BCUT2D eigenvalue weighted by Gasteiger charge is 2.22. The third-order valence-corrected chi connectivity index (χ3v) is 5.15. The summed E-state index contributed by atoms with van der Waals surface area (Å²) in [5, 5.41) is 6.98. The number of hydrogen-bond donors (Lipinski definition) is 2. The number of rotatable bonds is 9. The molecule has 0 bridgehead atoms. The highest BCUT2D eigenvalue weighted by atomic mass is 16.5. The second-order valence-corrected chi connectivity index (χ2v) is 7.92. The number of carbonyl (C=O) groups excluding carboxylic acids is 1. The van der Waals surface area contributed by atoms with E-state index in [1.54, 1.807) is 19.0 Å². The molecule has 6 heteroatoms. The van der Waals surface area contributed by atoms with Crippen molar-refractivity contribution in [3.8, 4) is 0 Å². The van der Waals surface area contributed by atoms with Crippen molar-refractivity contribution >= 4 is 11.9 Å². The summed E-state index contributed by atoms with van der Waals surface area (Å²) in [7, 11) is 3.52. The smallest absolute Gasteiger partial charge is 0.243 e. The Morgan fingerprint density at radius 1 is 1.27 bits per heavy atom. The van der Waals surface area contributed by atoms with Crippen LogP contribution in [0.3, 0.4) is 0 Å². The summed E-state index contributed by atoms with van der Waals surface area (Å²) in [6, 6.07) is 0.428. The van der Waals surface area contributed by atoms with Gasteiger partial charge in [-0.15, -0.1) is 0 Å². The van der Waals surface area contributed by atoms with Crippen molar-refractivity contribution in [2.45, 2.75) is 71.9 Å². The summed E-state index contributed by atoms with van der Waals surface area (Å²) in [4.78, 5) is 18.0. The fraction of sp³-hybridized carbons (Fsp3) is 0.900. The standard InChI is InChI=1S/C20H40N4O2/c1-7-26-18(15(2)3)12-13-21-20(22-14-19(25)24(5)6)23-17-11-9-8-10-16(17)4/h15-18H,7-14H2,1-6H3,(H2,21,22,23). The van der Waals surface area contributed by atoms with Gasteiger partial charge in [0.2, 0.25) is 5.91 Å². The Kier molecular flexibility index (Phi) is 10.6. The number of nitrogens with zero attached hydrogens (tertiary/aromatic N) is 2. The lowest BCUT2D eigenvalue weighted by Gasteiger charge is -2.31. The number of likely N-dealkylation sites (N-methyl/N-ethyl adjacent to an activating group) is 1. The van der Waals surface area contributed by atoms with Crippen LogP contribution < -0.4 is 10.6 Å². The Hall–Kier alpha value is -1.30. The van der Waals surface area contributed by atoms with Gasteiger partial charge in [-0.1, -0.05) is 33.6 Å². The number of carbonyl (C=O) groups is 1. The number of ether oxygens (including phenoxy) is 1.